The summed E-state index contributed by atoms with van der Waals surface area (Å²) in [6.07, 6.45) is 2.33. The molecule has 2 aromatic rings. The topological polar surface area (TPSA) is 57.6 Å². The number of rotatable bonds is 3. The molecule has 4 rings (SSSR count). The van der Waals surface area contributed by atoms with Gasteiger partial charge in [0.2, 0.25) is 10.0 Å². The number of hydrogen-bond acceptors (Lipinski definition) is 3. The minimum atomic E-state index is -3.57. The van der Waals surface area contributed by atoms with E-state index in [0.29, 0.717) is 17.7 Å². The van der Waals surface area contributed by atoms with Crippen molar-refractivity contribution in [1.29, 1.82) is 0 Å². The van der Waals surface area contributed by atoms with Gasteiger partial charge in [0.25, 0.3) is 0 Å². The van der Waals surface area contributed by atoms with Crippen LogP contribution in [-0.2, 0) is 15.6 Å². The van der Waals surface area contributed by atoms with Crippen LogP contribution in [0.1, 0.15) is 24.8 Å². The zero-order valence-corrected chi connectivity index (χ0v) is 13.5. The van der Waals surface area contributed by atoms with Gasteiger partial charge in [-0.25, -0.2) is 8.42 Å². The summed E-state index contributed by atoms with van der Waals surface area (Å²) < 4.78 is 27.5. The first-order valence-corrected chi connectivity index (χ1v) is 9.37. The molecule has 0 radical (unpaired) electrons. The standard InChI is InChI=1S/C18H19NO3S/c20-18(14-8-3-1-4-9-14)16-12-7-13-17(18)19(16)23(21,22)15-10-5-2-6-11-15/h1-6,8-11,16-17,20H,7,12-13H2. The second-order valence-corrected chi connectivity index (χ2v) is 8.15. The second kappa shape index (κ2) is 5.16. The van der Waals surface area contributed by atoms with Gasteiger partial charge in [0.05, 0.1) is 17.0 Å². The molecule has 2 bridgehead atoms. The molecule has 2 aromatic carbocycles. The fourth-order valence-corrected chi connectivity index (χ4v) is 6.03. The Labute approximate surface area is 136 Å². The monoisotopic (exact) mass is 329 g/mol. The van der Waals surface area contributed by atoms with E-state index in [1.54, 1.807) is 30.3 Å². The highest BCUT2D eigenvalue weighted by Gasteiger charge is 2.66. The lowest BCUT2D eigenvalue weighted by Crippen LogP contribution is -2.77. The summed E-state index contributed by atoms with van der Waals surface area (Å²) in [4.78, 5) is 0.298. The van der Waals surface area contributed by atoms with Gasteiger partial charge in [0, 0.05) is 0 Å². The van der Waals surface area contributed by atoms with Gasteiger partial charge in [-0.1, -0.05) is 55.0 Å². The van der Waals surface area contributed by atoms with Gasteiger partial charge < -0.3 is 5.11 Å². The van der Waals surface area contributed by atoms with E-state index < -0.39 is 15.6 Å². The Morgan fingerprint density at radius 3 is 2.00 bits per heavy atom. The molecule has 0 amide bonds. The highest BCUT2D eigenvalue weighted by molar-refractivity contribution is 7.89. The normalized spacial score (nSPS) is 30.7. The van der Waals surface area contributed by atoms with Crippen molar-refractivity contribution in [3.05, 3.63) is 66.2 Å². The second-order valence-electron chi connectivity index (χ2n) is 6.30. The lowest BCUT2D eigenvalue weighted by atomic mass is 9.65. The molecule has 1 N–H and O–H groups in total. The predicted octanol–water partition coefficient (Wildman–Crippen LogP) is 2.50. The van der Waals surface area contributed by atoms with Gasteiger partial charge in [0.1, 0.15) is 5.60 Å². The van der Waals surface area contributed by atoms with E-state index in [2.05, 4.69) is 0 Å². The molecule has 0 aliphatic carbocycles. The Morgan fingerprint density at radius 2 is 1.43 bits per heavy atom. The van der Waals surface area contributed by atoms with Crippen molar-refractivity contribution in [3.8, 4) is 0 Å². The molecule has 2 unspecified atom stereocenters. The molecule has 0 saturated carbocycles. The van der Waals surface area contributed by atoms with Gasteiger partial charge in [0.15, 0.2) is 0 Å². The summed E-state index contributed by atoms with van der Waals surface area (Å²) in [7, 11) is -3.57. The maximum Gasteiger partial charge on any atom is 0.243 e. The molecule has 23 heavy (non-hydrogen) atoms. The van der Waals surface area contributed by atoms with Crippen LogP contribution in [0.2, 0.25) is 0 Å². The van der Waals surface area contributed by atoms with E-state index in [-0.39, 0.29) is 12.1 Å². The number of sulfonamides is 1. The lowest BCUT2D eigenvalue weighted by Gasteiger charge is -2.63. The molecular formula is C18H19NO3S. The molecule has 2 heterocycles. The molecule has 5 heteroatoms. The first-order valence-electron chi connectivity index (χ1n) is 7.93. The molecule has 2 aliphatic rings. The summed E-state index contributed by atoms with van der Waals surface area (Å²) in [5, 5.41) is 11.2. The van der Waals surface area contributed by atoms with Crippen LogP contribution in [0.25, 0.3) is 0 Å². The maximum atomic E-state index is 13.0. The highest BCUT2D eigenvalue weighted by atomic mass is 32.2. The van der Waals surface area contributed by atoms with Gasteiger partial charge in [-0.05, 0) is 30.5 Å². The largest absolute Gasteiger partial charge is 0.382 e. The maximum absolute atomic E-state index is 13.0. The van der Waals surface area contributed by atoms with Crippen LogP contribution < -0.4 is 0 Å². The van der Waals surface area contributed by atoms with Crippen molar-refractivity contribution in [3.63, 3.8) is 0 Å². The quantitative estimate of drug-likeness (QED) is 0.941. The summed E-state index contributed by atoms with van der Waals surface area (Å²) in [6, 6.07) is 17.2. The Hall–Kier alpha value is -1.69. The number of fused-ring (bicyclic) bond motifs is 2. The predicted molar refractivity (Wildman–Crippen MR) is 87.2 cm³/mol. The molecule has 2 saturated heterocycles. The van der Waals surface area contributed by atoms with Gasteiger partial charge in [-0.15, -0.1) is 0 Å². The number of nitrogens with zero attached hydrogens (tertiary/aromatic N) is 1. The van der Waals surface area contributed by atoms with Crippen molar-refractivity contribution >= 4 is 10.0 Å². The Kier molecular flexibility index (Phi) is 3.34. The van der Waals surface area contributed by atoms with Crippen LogP contribution >= 0.6 is 0 Å². The van der Waals surface area contributed by atoms with Gasteiger partial charge in [-0.2, -0.15) is 4.31 Å². The lowest BCUT2D eigenvalue weighted by molar-refractivity contribution is -0.193. The molecule has 2 fully saturated rings. The fraction of sp³-hybridized carbons (Fsp3) is 0.333. The van der Waals surface area contributed by atoms with E-state index in [4.69, 9.17) is 0 Å². The third kappa shape index (κ3) is 2.00. The van der Waals surface area contributed by atoms with Gasteiger partial charge in [-0.3, -0.25) is 0 Å². The third-order valence-electron chi connectivity index (χ3n) is 5.14. The summed E-state index contributed by atoms with van der Waals surface area (Å²) in [6.45, 7) is 0. The van der Waals surface area contributed by atoms with Gasteiger partial charge >= 0.3 is 0 Å². The average molecular weight is 329 g/mol. The van der Waals surface area contributed by atoms with Crippen LogP contribution in [-0.4, -0.2) is 29.9 Å². The van der Waals surface area contributed by atoms with Crippen molar-refractivity contribution < 1.29 is 13.5 Å². The van der Waals surface area contributed by atoms with Crippen molar-refractivity contribution in [2.45, 2.75) is 41.8 Å². The number of aliphatic hydroxyl groups is 1. The van der Waals surface area contributed by atoms with Crippen LogP contribution in [0.3, 0.4) is 0 Å². The number of piperidine rings is 1. The number of hydrogen-bond donors (Lipinski definition) is 1. The minimum absolute atomic E-state index is 0.298. The molecule has 4 nitrogen and oxygen atoms in total. The third-order valence-corrected chi connectivity index (χ3v) is 7.07. The summed E-state index contributed by atoms with van der Waals surface area (Å²) in [5.74, 6) is 0. The van der Waals surface area contributed by atoms with E-state index in [9.17, 15) is 13.5 Å². The molecule has 0 aromatic heterocycles. The first kappa shape index (κ1) is 14.9. The van der Waals surface area contributed by atoms with Crippen LogP contribution in [0.4, 0.5) is 0 Å². The Balaban J connectivity index is 1.74. The van der Waals surface area contributed by atoms with Crippen LogP contribution in [0, 0.1) is 0 Å². The van der Waals surface area contributed by atoms with Crippen molar-refractivity contribution in [2.75, 3.05) is 0 Å². The summed E-state index contributed by atoms with van der Waals surface area (Å²) >= 11 is 0. The zero-order valence-electron chi connectivity index (χ0n) is 12.7. The van der Waals surface area contributed by atoms with E-state index in [1.165, 1.54) is 4.31 Å². The van der Waals surface area contributed by atoms with E-state index in [0.717, 1.165) is 12.0 Å². The molecular weight excluding hydrogens is 310 g/mol. The molecule has 0 spiro atoms. The average Bonchev–Trinajstić information content (AvgIpc) is 2.62. The molecule has 2 atom stereocenters. The zero-order chi connectivity index (χ0) is 16.1. The van der Waals surface area contributed by atoms with Crippen LogP contribution in [0.5, 0.6) is 0 Å². The highest BCUT2D eigenvalue weighted by Crippen LogP contribution is 2.54. The fourth-order valence-electron chi connectivity index (χ4n) is 4.08. The smallest absolute Gasteiger partial charge is 0.243 e. The Morgan fingerprint density at radius 1 is 0.913 bits per heavy atom. The van der Waals surface area contributed by atoms with Crippen LogP contribution in [0.15, 0.2) is 65.6 Å². The molecule has 2 aliphatic heterocycles. The SMILES string of the molecule is O=S(=O)(c1ccccc1)N1C2CCCC1C2(O)c1ccccc1. The van der Waals surface area contributed by atoms with Crippen molar-refractivity contribution in [1.82, 2.24) is 4.31 Å². The first-order chi connectivity index (χ1) is 11.1. The number of benzene rings is 2. The summed E-state index contributed by atoms with van der Waals surface area (Å²) in [5.41, 5.74) is -0.254. The van der Waals surface area contributed by atoms with Crippen molar-refractivity contribution in [2.24, 2.45) is 0 Å². The van der Waals surface area contributed by atoms with E-state index in [1.807, 2.05) is 30.3 Å². The van der Waals surface area contributed by atoms with E-state index >= 15 is 0 Å². The molecule has 120 valence electrons. The Bertz CT molecular complexity index is 793. The minimum Gasteiger partial charge on any atom is -0.382 e.